The van der Waals surface area contributed by atoms with Crippen molar-refractivity contribution in [3.8, 4) is 0 Å². The lowest BCUT2D eigenvalue weighted by Gasteiger charge is -2.15. The number of amides is 1. The molecule has 0 spiro atoms. The van der Waals surface area contributed by atoms with E-state index in [9.17, 15) is 9.59 Å². The van der Waals surface area contributed by atoms with Crippen molar-refractivity contribution in [1.29, 1.82) is 0 Å². The quantitative estimate of drug-likeness (QED) is 0.187. The zero-order valence-electron chi connectivity index (χ0n) is 19.5. The molecule has 1 saturated carbocycles. The molecule has 0 radical (unpaired) electrons. The number of aromatic nitrogens is 3. The van der Waals surface area contributed by atoms with Crippen LogP contribution in [0.2, 0.25) is 5.02 Å². The predicted octanol–water partition coefficient (Wildman–Crippen LogP) is 5.48. The van der Waals surface area contributed by atoms with E-state index in [-0.39, 0.29) is 41.3 Å². The van der Waals surface area contributed by atoms with Crippen LogP contribution in [0.15, 0.2) is 48.7 Å². The van der Waals surface area contributed by atoms with Crippen LogP contribution in [0.5, 0.6) is 0 Å². The first-order valence-electron chi connectivity index (χ1n) is 11.6. The molecule has 5 rings (SSSR count). The van der Waals surface area contributed by atoms with Crippen molar-refractivity contribution in [2.45, 2.75) is 25.8 Å². The number of carbonyl (C=O) groups is 2. The van der Waals surface area contributed by atoms with Gasteiger partial charge >= 0.3 is 5.97 Å². The number of rotatable bonds is 9. The first-order valence-corrected chi connectivity index (χ1v) is 13.1. The third-order valence-corrected chi connectivity index (χ3v) is 7.06. The van der Waals surface area contributed by atoms with Crippen LogP contribution < -0.4 is 11.1 Å². The van der Waals surface area contributed by atoms with E-state index < -0.39 is 17.7 Å². The topological polar surface area (TPSA) is 112 Å². The van der Waals surface area contributed by atoms with Gasteiger partial charge < -0.3 is 20.4 Å². The number of hydrogen-bond donors (Lipinski definition) is 2. The minimum atomic E-state index is -0.815. The molecule has 0 unspecified atom stereocenters. The molecule has 0 saturated heterocycles. The summed E-state index contributed by atoms with van der Waals surface area (Å²) in [7, 11) is 0. The zero-order chi connectivity index (χ0) is 26.1. The number of fused-ring (bicyclic) bond motifs is 1. The van der Waals surface area contributed by atoms with Gasteiger partial charge in [-0.1, -0.05) is 17.7 Å². The number of nitrogens with zero attached hydrogens (tertiary/aromatic N) is 3. The highest BCUT2D eigenvalue weighted by Gasteiger charge is 2.28. The molecule has 2 aromatic carbocycles. The fourth-order valence-electron chi connectivity index (χ4n) is 3.97. The Morgan fingerprint density at radius 3 is 2.73 bits per heavy atom. The van der Waals surface area contributed by atoms with E-state index in [1.54, 1.807) is 30.5 Å². The molecule has 3 N–H and O–H groups in total. The van der Waals surface area contributed by atoms with E-state index in [0.717, 1.165) is 22.1 Å². The first-order chi connectivity index (χ1) is 17.8. The zero-order valence-corrected chi connectivity index (χ0v) is 22.4. The van der Waals surface area contributed by atoms with Gasteiger partial charge in [0.25, 0.3) is 5.91 Å². The lowest BCUT2D eigenvalue weighted by molar-refractivity contribution is 0.0487. The van der Waals surface area contributed by atoms with Crippen molar-refractivity contribution in [1.82, 2.24) is 14.5 Å². The Labute approximate surface area is 230 Å². The molecule has 1 aliphatic carbocycles. The summed E-state index contributed by atoms with van der Waals surface area (Å²) in [6, 6.07) is 12.2. The van der Waals surface area contributed by atoms with Crippen molar-refractivity contribution >= 4 is 68.5 Å². The van der Waals surface area contributed by atoms with E-state index in [4.69, 9.17) is 22.1 Å². The highest BCUT2D eigenvalue weighted by atomic mass is 127. The number of benzene rings is 2. The SMILES string of the molecule is NC(=O)c1nc2c(F)c(Nc3ccc(I)cc3Cl)c(C(=O)OCC3CC3)cc2n1CCc1ccccn1. The molecule has 4 aromatic rings. The number of hydrogen-bond acceptors (Lipinski definition) is 6. The lowest BCUT2D eigenvalue weighted by atomic mass is 10.1. The Balaban J connectivity index is 1.62. The fourth-order valence-corrected chi connectivity index (χ4v) is 4.87. The van der Waals surface area contributed by atoms with Gasteiger partial charge in [-0.3, -0.25) is 9.78 Å². The van der Waals surface area contributed by atoms with Gasteiger partial charge in [0.05, 0.1) is 34.1 Å². The number of nitrogens with one attached hydrogen (secondary N) is 1. The van der Waals surface area contributed by atoms with Gasteiger partial charge in [0.1, 0.15) is 5.52 Å². The molecule has 190 valence electrons. The Morgan fingerprint density at radius 2 is 2.05 bits per heavy atom. The summed E-state index contributed by atoms with van der Waals surface area (Å²) >= 11 is 8.48. The smallest absolute Gasteiger partial charge is 0.340 e. The number of carbonyl (C=O) groups excluding carboxylic acids is 2. The monoisotopic (exact) mass is 633 g/mol. The average molecular weight is 634 g/mol. The normalized spacial score (nSPS) is 13.1. The third kappa shape index (κ3) is 5.54. The van der Waals surface area contributed by atoms with Crippen LogP contribution in [0.25, 0.3) is 11.0 Å². The summed E-state index contributed by atoms with van der Waals surface area (Å²) in [4.78, 5) is 33.9. The largest absolute Gasteiger partial charge is 0.462 e. The third-order valence-electron chi connectivity index (χ3n) is 6.08. The predicted molar refractivity (Wildman–Crippen MR) is 147 cm³/mol. The standard InChI is InChI=1S/C26H22ClFIN5O3/c27-18-11-15(29)6-7-19(18)32-22-17(26(36)37-13-14-4-5-14)12-20-23(21(22)28)33-25(24(30)35)34(20)10-8-16-3-1-2-9-31-16/h1-3,6-7,9,11-12,14,32H,4-5,8,10,13H2,(H2,30,35). The molecule has 0 aliphatic heterocycles. The lowest BCUT2D eigenvalue weighted by Crippen LogP contribution is -2.19. The second-order valence-electron chi connectivity index (χ2n) is 8.79. The van der Waals surface area contributed by atoms with Gasteiger partial charge in [0.2, 0.25) is 0 Å². The molecular weight excluding hydrogens is 612 g/mol. The summed E-state index contributed by atoms with van der Waals surface area (Å²) in [6.07, 6.45) is 4.09. The van der Waals surface area contributed by atoms with Gasteiger partial charge in [0.15, 0.2) is 11.6 Å². The number of aryl methyl sites for hydroxylation is 2. The Kier molecular flexibility index (Phi) is 7.29. The molecule has 2 heterocycles. The number of pyridine rings is 1. The van der Waals surface area contributed by atoms with Gasteiger partial charge in [-0.15, -0.1) is 0 Å². The van der Waals surface area contributed by atoms with E-state index in [0.29, 0.717) is 23.0 Å². The van der Waals surface area contributed by atoms with Crippen molar-refractivity contribution in [3.05, 3.63) is 80.2 Å². The highest BCUT2D eigenvalue weighted by molar-refractivity contribution is 14.1. The molecule has 8 nitrogen and oxygen atoms in total. The van der Waals surface area contributed by atoms with Crippen LogP contribution in [0.1, 0.15) is 39.5 Å². The molecule has 0 atom stereocenters. The first kappa shape index (κ1) is 25.4. The second kappa shape index (κ2) is 10.6. The summed E-state index contributed by atoms with van der Waals surface area (Å²) < 4.78 is 24.0. The maximum absolute atomic E-state index is 16.1. The van der Waals surface area contributed by atoms with Crippen LogP contribution >= 0.6 is 34.2 Å². The maximum atomic E-state index is 16.1. The molecule has 2 aromatic heterocycles. The Bertz CT molecular complexity index is 1510. The van der Waals surface area contributed by atoms with Gasteiger partial charge in [-0.2, -0.15) is 0 Å². The van der Waals surface area contributed by atoms with Crippen LogP contribution in [-0.2, 0) is 17.7 Å². The fraction of sp³-hybridized carbons (Fsp3) is 0.231. The molecular formula is C26H22ClFIN5O3. The van der Waals surface area contributed by atoms with Crippen molar-refractivity contribution < 1.29 is 18.7 Å². The van der Waals surface area contributed by atoms with Gasteiger partial charge in [0, 0.05) is 28.4 Å². The average Bonchev–Trinajstić information content (AvgIpc) is 3.63. The summed E-state index contributed by atoms with van der Waals surface area (Å²) in [6.45, 7) is 0.505. The minimum absolute atomic E-state index is 0.0322. The van der Waals surface area contributed by atoms with Crippen molar-refractivity contribution in [3.63, 3.8) is 0 Å². The van der Waals surface area contributed by atoms with Crippen LogP contribution in [0, 0.1) is 15.3 Å². The minimum Gasteiger partial charge on any atom is -0.462 e. The summed E-state index contributed by atoms with van der Waals surface area (Å²) in [5.41, 5.74) is 6.75. The van der Waals surface area contributed by atoms with Crippen molar-refractivity contribution in [2.75, 3.05) is 11.9 Å². The summed E-state index contributed by atoms with van der Waals surface area (Å²) in [5.74, 6) is -2.11. The number of ether oxygens (including phenoxy) is 1. The van der Waals surface area contributed by atoms with E-state index in [2.05, 4.69) is 37.9 Å². The number of primary amides is 1. The van der Waals surface area contributed by atoms with Crippen LogP contribution in [-0.4, -0.2) is 33.0 Å². The number of imidazole rings is 1. The number of halogens is 3. The van der Waals surface area contributed by atoms with Gasteiger partial charge in [-0.05, 0) is 77.7 Å². The number of esters is 1. The molecule has 1 amide bonds. The molecule has 11 heteroatoms. The number of nitrogens with two attached hydrogens (primary N) is 1. The molecule has 37 heavy (non-hydrogen) atoms. The Morgan fingerprint density at radius 1 is 1.24 bits per heavy atom. The van der Waals surface area contributed by atoms with E-state index in [1.807, 2.05) is 12.1 Å². The Hall–Kier alpha value is -3.25. The maximum Gasteiger partial charge on any atom is 0.340 e. The van der Waals surface area contributed by atoms with E-state index >= 15 is 4.39 Å². The highest BCUT2D eigenvalue weighted by Crippen LogP contribution is 2.36. The van der Waals surface area contributed by atoms with Crippen LogP contribution in [0.4, 0.5) is 15.8 Å². The van der Waals surface area contributed by atoms with Crippen LogP contribution in [0.3, 0.4) is 0 Å². The molecule has 1 aliphatic rings. The summed E-state index contributed by atoms with van der Waals surface area (Å²) in [5, 5.41) is 3.29. The second-order valence-corrected chi connectivity index (χ2v) is 10.4. The van der Waals surface area contributed by atoms with Gasteiger partial charge in [-0.25, -0.2) is 14.2 Å². The van der Waals surface area contributed by atoms with E-state index in [1.165, 1.54) is 10.6 Å². The molecule has 1 fully saturated rings. The van der Waals surface area contributed by atoms with Crippen molar-refractivity contribution in [2.24, 2.45) is 11.7 Å². The molecule has 0 bridgehead atoms. The number of anilines is 2.